The molecule has 3 nitrogen and oxygen atoms in total. The molecule has 3 heteroatoms. The molecule has 2 aromatic carbocycles. The van der Waals surface area contributed by atoms with Crippen molar-refractivity contribution in [3.05, 3.63) is 65.7 Å². The van der Waals surface area contributed by atoms with Crippen LogP contribution in [0.4, 0.5) is 0 Å². The second-order valence-corrected chi connectivity index (χ2v) is 4.84. The van der Waals surface area contributed by atoms with Gasteiger partial charge in [0.1, 0.15) is 5.75 Å². The maximum atomic E-state index is 10.3. The van der Waals surface area contributed by atoms with Crippen molar-refractivity contribution < 1.29 is 9.84 Å². The molecule has 2 rings (SSSR count). The molecular formula is C17H21NO2. The molecule has 0 saturated heterocycles. The number of rotatable bonds is 6. The van der Waals surface area contributed by atoms with Gasteiger partial charge in [-0.1, -0.05) is 48.5 Å². The minimum Gasteiger partial charge on any atom is -0.496 e. The maximum Gasteiger partial charge on any atom is 0.123 e. The zero-order valence-corrected chi connectivity index (χ0v) is 11.9. The largest absolute Gasteiger partial charge is 0.496 e. The molecule has 2 aromatic rings. The molecule has 0 unspecified atom stereocenters. The summed E-state index contributed by atoms with van der Waals surface area (Å²) in [7, 11) is 1.67. The molecule has 0 fully saturated rings. The molecule has 106 valence electrons. The van der Waals surface area contributed by atoms with Gasteiger partial charge in [-0.2, -0.15) is 0 Å². The van der Waals surface area contributed by atoms with Crippen molar-refractivity contribution in [2.75, 3.05) is 7.11 Å². The summed E-state index contributed by atoms with van der Waals surface area (Å²) in [5.41, 5.74) is 2.01. The minimum atomic E-state index is -0.522. The summed E-state index contributed by atoms with van der Waals surface area (Å²) >= 11 is 0. The van der Waals surface area contributed by atoms with Gasteiger partial charge in [0, 0.05) is 18.2 Å². The fourth-order valence-electron chi connectivity index (χ4n) is 2.17. The summed E-state index contributed by atoms with van der Waals surface area (Å²) in [5, 5.41) is 13.6. The summed E-state index contributed by atoms with van der Waals surface area (Å²) in [6.45, 7) is 2.64. The van der Waals surface area contributed by atoms with Crippen LogP contribution in [0.1, 0.15) is 24.2 Å². The van der Waals surface area contributed by atoms with Gasteiger partial charge in [-0.25, -0.2) is 0 Å². The quantitative estimate of drug-likeness (QED) is 0.849. The molecule has 0 bridgehead atoms. The van der Waals surface area contributed by atoms with Crippen molar-refractivity contribution in [2.45, 2.75) is 25.6 Å². The lowest BCUT2D eigenvalue weighted by Gasteiger charge is -2.21. The van der Waals surface area contributed by atoms with E-state index in [1.807, 2.05) is 61.5 Å². The van der Waals surface area contributed by atoms with Crippen LogP contribution in [0.15, 0.2) is 54.6 Å². The van der Waals surface area contributed by atoms with E-state index in [-0.39, 0.29) is 6.04 Å². The molecule has 2 N–H and O–H groups in total. The normalized spacial score (nSPS) is 13.8. The third-order valence-electron chi connectivity index (χ3n) is 3.42. The number of aliphatic hydroxyl groups excluding tert-OH is 1. The van der Waals surface area contributed by atoms with E-state index in [1.54, 1.807) is 7.11 Å². The van der Waals surface area contributed by atoms with Crippen LogP contribution in [0.3, 0.4) is 0 Å². The molecule has 0 aliphatic rings. The number of nitrogens with one attached hydrogen (secondary N) is 1. The summed E-state index contributed by atoms with van der Waals surface area (Å²) < 4.78 is 5.32. The number of hydrogen-bond donors (Lipinski definition) is 2. The number of ether oxygens (including phenoxy) is 1. The topological polar surface area (TPSA) is 41.5 Å². The van der Waals surface area contributed by atoms with E-state index in [0.29, 0.717) is 6.54 Å². The highest BCUT2D eigenvalue weighted by Crippen LogP contribution is 2.19. The Hall–Kier alpha value is -1.84. The summed E-state index contributed by atoms with van der Waals surface area (Å²) in [6, 6.07) is 17.5. The first-order chi connectivity index (χ1) is 9.72. The standard InChI is InChI=1S/C17H21NO2/c1-13(17(19)14-8-4-3-5-9-14)18-12-15-10-6-7-11-16(15)20-2/h3-11,13,17-19H,12H2,1-2H3/t13-,17-/m0/s1. The number of para-hydroxylation sites is 1. The van der Waals surface area contributed by atoms with Crippen LogP contribution in [0.2, 0.25) is 0 Å². The van der Waals surface area contributed by atoms with Crippen LogP contribution in [0, 0.1) is 0 Å². The lowest BCUT2D eigenvalue weighted by atomic mass is 10.0. The first-order valence-electron chi connectivity index (χ1n) is 6.80. The predicted molar refractivity (Wildman–Crippen MR) is 80.7 cm³/mol. The lowest BCUT2D eigenvalue weighted by molar-refractivity contribution is 0.135. The molecule has 0 saturated carbocycles. The zero-order chi connectivity index (χ0) is 14.4. The smallest absolute Gasteiger partial charge is 0.123 e. The van der Waals surface area contributed by atoms with Crippen LogP contribution >= 0.6 is 0 Å². The molecule has 0 radical (unpaired) electrons. The fourth-order valence-corrected chi connectivity index (χ4v) is 2.17. The van der Waals surface area contributed by atoms with Crippen molar-refractivity contribution in [3.8, 4) is 5.75 Å². The van der Waals surface area contributed by atoms with Gasteiger partial charge >= 0.3 is 0 Å². The van der Waals surface area contributed by atoms with Crippen LogP contribution < -0.4 is 10.1 Å². The predicted octanol–water partition coefficient (Wildman–Crippen LogP) is 2.91. The first-order valence-corrected chi connectivity index (χ1v) is 6.80. The SMILES string of the molecule is COc1ccccc1CN[C@@H](C)[C@H](O)c1ccccc1. The van der Waals surface area contributed by atoms with Gasteiger partial charge in [0.2, 0.25) is 0 Å². The Balaban J connectivity index is 1.97. The Morgan fingerprint density at radius 2 is 1.70 bits per heavy atom. The maximum absolute atomic E-state index is 10.3. The van der Waals surface area contributed by atoms with Crippen LogP contribution in [-0.2, 0) is 6.54 Å². The van der Waals surface area contributed by atoms with E-state index in [0.717, 1.165) is 16.9 Å². The van der Waals surface area contributed by atoms with E-state index < -0.39 is 6.10 Å². The molecule has 0 amide bonds. The lowest BCUT2D eigenvalue weighted by Crippen LogP contribution is -2.31. The summed E-state index contributed by atoms with van der Waals surface area (Å²) in [6.07, 6.45) is -0.522. The number of benzene rings is 2. The van der Waals surface area contributed by atoms with Crippen LogP contribution in [0.25, 0.3) is 0 Å². The van der Waals surface area contributed by atoms with E-state index in [4.69, 9.17) is 4.74 Å². The highest BCUT2D eigenvalue weighted by molar-refractivity contribution is 5.33. The van der Waals surface area contributed by atoms with Gasteiger partial charge in [0.15, 0.2) is 0 Å². The van der Waals surface area contributed by atoms with Crippen LogP contribution in [-0.4, -0.2) is 18.3 Å². The van der Waals surface area contributed by atoms with Gasteiger partial charge in [0.05, 0.1) is 13.2 Å². The molecule has 0 spiro atoms. The third kappa shape index (κ3) is 3.59. The second-order valence-electron chi connectivity index (χ2n) is 4.84. The molecule has 0 aromatic heterocycles. The molecule has 20 heavy (non-hydrogen) atoms. The monoisotopic (exact) mass is 271 g/mol. The van der Waals surface area contributed by atoms with Gasteiger partial charge in [0.25, 0.3) is 0 Å². The fraction of sp³-hybridized carbons (Fsp3) is 0.294. The summed E-state index contributed by atoms with van der Waals surface area (Å²) in [4.78, 5) is 0. The van der Waals surface area contributed by atoms with Gasteiger partial charge in [-0.15, -0.1) is 0 Å². The van der Waals surface area contributed by atoms with Gasteiger partial charge in [-0.05, 0) is 18.6 Å². The van der Waals surface area contributed by atoms with Crippen LogP contribution in [0.5, 0.6) is 5.75 Å². The Morgan fingerprint density at radius 3 is 2.40 bits per heavy atom. The Kier molecular flexibility index (Phi) is 5.16. The van der Waals surface area contributed by atoms with E-state index in [9.17, 15) is 5.11 Å². The van der Waals surface area contributed by atoms with Crippen molar-refractivity contribution in [3.63, 3.8) is 0 Å². The third-order valence-corrected chi connectivity index (χ3v) is 3.42. The first kappa shape index (κ1) is 14.6. The molecular weight excluding hydrogens is 250 g/mol. The van der Waals surface area contributed by atoms with E-state index in [2.05, 4.69) is 5.32 Å². The highest BCUT2D eigenvalue weighted by atomic mass is 16.5. The zero-order valence-electron chi connectivity index (χ0n) is 11.9. The van der Waals surface area contributed by atoms with Crippen molar-refractivity contribution in [1.82, 2.24) is 5.32 Å². The molecule has 0 aliphatic carbocycles. The van der Waals surface area contributed by atoms with E-state index >= 15 is 0 Å². The Labute approximate surface area is 120 Å². The van der Waals surface area contributed by atoms with Crippen molar-refractivity contribution in [2.24, 2.45) is 0 Å². The van der Waals surface area contributed by atoms with Crippen molar-refractivity contribution >= 4 is 0 Å². The second kappa shape index (κ2) is 7.08. The average Bonchev–Trinajstić information content (AvgIpc) is 2.53. The average molecular weight is 271 g/mol. The van der Waals surface area contributed by atoms with Crippen molar-refractivity contribution in [1.29, 1.82) is 0 Å². The molecule has 2 atom stereocenters. The number of methoxy groups -OCH3 is 1. The van der Waals surface area contributed by atoms with Gasteiger partial charge in [-0.3, -0.25) is 0 Å². The van der Waals surface area contributed by atoms with Gasteiger partial charge < -0.3 is 15.2 Å². The Bertz CT molecular complexity index is 528. The Morgan fingerprint density at radius 1 is 1.05 bits per heavy atom. The number of hydrogen-bond acceptors (Lipinski definition) is 3. The molecule has 0 heterocycles. The minimum absolute atomic E-state index is 0.0395. The number of aliphatic hydroxyl groups is 1. The van der Waals surface area contributed by atoms with E-state index in [1.165, 1.54) is 0 Å². The highest BCUT2D eigenvalue weighted by Gasteiger charge is 2.15. The molecule has 0 aliphatic heterocycles. The summed E-state index contributed by atoms with van der Waals surface area (Å²) in [5.74, 6) is 0.862.